The minimum atomic E-state index is 0. The highest BCUT2D eigenvalue weighted by molar-refractivity contribution is 9.10. The van der Waals surface area contributed by atoms with Crippen LogP contribution in [0.1, 0.15) is 38.3 Å². The molecular formula is C20H26BrCl2NO2. The molecule has 144 valence electrons. The summed E-state index contributed by atoms with van der Waals surface area (Å²) < 4.78 is 12.4. The average molecular weight is 463 g/mol. The van der Waals surface area contributed by atoms with Crippen LogP contribution in [-0.2, 0) is 13.2 Å². The van der Waals surface area contributed by atoms with Gasteiger partial charge in [-0.15, -0.1) is 12.4 Å². The average Bonchev–Trinajstić information content (AvgIpc) is 2.60. The summed E-state index contributed by atoms with van der Waals surface area (Å²) in [6, 6.07) is 11.7. The van der Waals surface area contributed by atoms with Crippen molar-refractivity contribution in [3.05, 3.63) is 57.0 Å². The molecule has 0 spiro atoms. The zero-order valence-electron chi connectivity index (χ0n) is 15.6. The van der Waals surface area contributed by atoms with Gasteiger partial charge in [-0.3, -0.25) is 0 Å². The van der Waals surface area contributed by atoms with E-state index in [1.807, 2.05) is 30.3 Å². The largest absolute Gasteiger partial charge is 0.493 e. The minimum absolute atomic E-state index is 0. The third kappa shape index (κ3) is 6.34. The summed E-state index contributed by atoms with van der Waals surface area (Å²) in [5.41, 5.74) is 2.17. The molecule has 26 heavy (non-hydrogen) atoms. The van der Waals surface area contributed by atoms with Crippen molar-refractivity contribution in [3.8, 4) is 11.5 Å². The molecule has 0 fully saturated rings. The summed E-state index contributed by atoms with van der Waals surface area (Å²) in [4.78, 5) is 0. The normalized spacial score (nSPS) is 11.0. The van der Waals surface area contributed by atoms with Gasteiger partial charge in [0, 0.05) is 22.7 Å². The predicted molar refractivity (Wildman–Crippen MR) is 115 cm³/mol. The summed E-state index contributed by atoms with van der Waals surface area (Å²) in [7, 11) is 1.65. The summed E-state index contributed by atoms with van der Waals surface area (Å²) >= 11 is 9.80. The van der Waals surface area contributed by atoms with Crippen LogP contribution in [0.2, 0.25) is 5.02 Å². The van der Waals surface area contributed by atoms with Crippen molar-refractivity contribution in [1.29, 1.82) is 0 Å². The maximum atomic E-state index is 6.20. The van der Waals surface area contributed by atoms with Crippen molar-refractivity contribution in [1.82, 2.24) is 5.32 Å². The zero-order valence-corrected chi connectivity index (χ0v) is 18.7. The van der Waals surface area contributed by atoms with E-state index in [0.717, 1.165) is 28.6 Å². The fraction of sp³-hybridized carbons (Fsp3) is 0.400. The number of rotatable bonds is 8. The number of nitrogens with one attached hydrogen (secondary N) is 1. The van der Waals surface area contributed by atoms with Gasteiger partial charge in [0.15, 0.2) is 11.5 Å². The van der Waals surface area contributed by atoms with Crippen LogP contribution in [0, 0.1) is 0 Å². The third-order valence-electron chi connectivity index (χ3n) is 4.27. The molecule has 2 aromatic carbocycles. The Hall–Kier alpha value is -0.940. The maximum absolute atomic E-state index is 6.20. The second kappa shape index (κ2) is 10.4. The van der Waals surface area contributed by atoms with Crippen LogP contribution in [0.25, 0.3) is 0 Å². The van der Waals surface area contributed by atoms with Gasteiger partial charge in [-0.1, -0.05) is 36.7 Å². The van der Waals surface area contributed by atoms with E-state index in [4.69, 9.17) is 21.1 Å². The second-order valence-electron chi connectivity index (χ2n) is 6.58. The molecule has 0 aliphatic heterocycles. The summed E-state index contributed by atoms with van der Waals surface area (Å²) in [5, 5.41) is 4.25. The zero-order chi connectivity index (χ0) is 18.4. The number of ether oxygens (including phenoxy) is 2. The quantitative estimate of drug-likeness (QED) is 0.492. The van der Waals surface area contributed by atoms with E-state index >= 15 is 0 Å². The molecule has 0 heterocycles. The topological polar surface area (TPSA) is 30.5 Å². The van der Waals surface area contributed by atoms with Crippen molar-refractivity contribution in [2.75, 3.05) is 7.11 Å². The molecule has 0 atom stereocenters. The molecule has 1 N–H and O–H groups in total. The number of hydrogen-bond acceptors (Lipinski definition) is 3. The van der Waals surface area contributed by atoms with Gasteiger partial charge in [-0.25, -0.2) is 0 Å². The van der Waals surface area contributed by atoms with Crippen molar-refractivity contribution in [2.45, 2.75) is 45.9 Å². The van der Waals surface area contributed by atoms with Gasteiger partial charge < -0.3 is 14.8 Å². The fourth-order valence-corrected chi connectivity index (χ4v) is 3.04. The van der Waals surface area contributed by atoms with E-state index in [1.54, 1.807) is 7.11 Å². The van der Waals surface area contributed by atoms with Crippen LogP contribution >= 0.6 is 39.9 Å². The van der Waals surface area contributed by atoms with Crippen LogP contribution in [0.4, 0.5) is 0 Å². The Balaban J connectivity index is 0.00000338. The van der Waals surface area contributed by atoms with Gasteiger partial charge in [0.05, 0.1) is 11.6 Å². The molecule has 0 radical (unpaired) electrons. The van der Waals surface area contributed by atoms with Crippen molar-refractivity contribution in [2.24, 2.45) is 0 Å². The molecule has 6 heteroatoms. The lowest BCUT2D eigenvalue weighted by atomic mass is 10.0. The molecular weight excluding hydrogens is 437 g/mol. The Morgan fingerprint density at radius 1 is 1.19 bits per heavy atom. The first-order valence-electron chi connectivity index (χ1n) is 8.34. The summed E-state index contributed by atoms with van der Waals surface area (Å²) in [6.45, 7) is 7.71. The molecule has 3 nitrogen and oxygen atoms in total. The van der Waals surface area contributed by atoms with Crippen molar-refractivity contribution < 1.29 is 9.47 Å². The Morgan fingerprint density at radius 3 is 2.50 bits per heavy atom. The maximum Gasteiger partial charge on any atom is 0.175 e. The highest BCUT2D eigenvalue weighted by Crippen LogP contribution is 2.37. The van der Waals surface area contributed by atoms with Crippen LogP contribution in [0.3, 0.4) is 0 Å². The van der Waals surface area contributed by atoms with E-state index in [0.29, 0.717) is 23.1 Å². The molecule has 0 saturated heterocycles. The lowest BCUT2D eigenvalue weighted by Gasteiger charge is -2.25. The second-order valence-corrected chi connectivity index (χ2v) is 7.84. The highest BCUT2D eigenvalue weighted by atomic mass is 79.9. The predicted octanol–water partition coefficient (Wildman–Crippen LogP) is 6.39. The van der Waals surface area contributed by atoms with Crippen molar-refractivity contribution >= 4 is 39.9 Å². The summed E-state index contributed by atoms with van der Waals surface area (Å²) in [6.07, 6.45) is 1.06. The Labute approximate surface area is 176 Å². The molecule has 0 amide bonds. The van der Waals surface area contributed by atoms with Crippen LogP contribution in [0.5, 0.6) is 11.5 Å². The molecule has 0 bridgehead atoms. The number of benzene rings is 2. The Bertz CT molecular complexity index is 723. The molecule has 0 aromatic heterocycles. The molecule has 2 rings (SSSR count). The lowest BCUT2D eigenvalue weighted by Crippen LogP contribution is -2.37. The van der Waals surface area contributed by atoms with Gasteiger partial charge in [0.2, 0.25) is 0 Å². The highest BCUT2D eigenvalue weighted by Gasteiger charge is 2.16. The molecule has 0 aliphatic rings. The number of hydrogen-bond donors (Lipinski definition) is 1. The van der Waals surface area contributed by atoms with Crippen LogP contribution in [-0.4, -0.2) is 12.6 Å². The molecule has 0 saturated carbocycles. The van der Waals surface area contributed by atoms with E-state index < -0.39 is 0 Å². The molecule has 0 aliphatic carbocycles. The van der Waals surface area contributed by atoms with Crippen molar-refractivity contribution in [3.63, 3.8) is 0 Å². The third-order valence-corrected chi connectivity index (χ3v) is 5.23. The first-order valence-corrected chi connectivity index (χ1v) is 9.51. The minimum Gasteiger partial charge on any atom is -0.493 e. The molecule has 0 unspecified atom stereocenters. The van der Waals surface area contributed by atoms with Crippen LogP contribution in [0.15, 0.2) is 40.9 Å². The molecule has 2 aromatic rings. The number of methoxy groups -OCH3 is 1. The van der Waals surface area contributed by atoms with Gasteiger partial charge in [0.1, 0.15) is 6.61 Å². The fourth-order valence-electron chi connectivity index (χ4n) is 2.25. The van der Waals surface area contributed by atoms with E-state index in [2.05, 4.69) is 48.1 Å². The van der Waals surface area contributed by atoms with E-state index in [9.17, 15) is 0 Å². The lowest BCUT2D eigenvalue weighted by molar-refractivity contribution is 0.282. The SMILES string of the molecule is CCC(C)(C)NCc1cc(Br)c(OCc2ccccc2Cl)c(OC)c1.Cl. The van der Waals surface area contributed by atoms with E-state index in [-0.39, 0.29) is 17.9 Å². The van der Waals surface area contributed by atoms with Gasteiger partial charge in [-0.2, -0.15) is 0 Å². The Kier molecular flexibility index (Phi) is 9.25. The van der Waals surface area contributed by atoms with Gasteiger partial charge >= 0.3 is 0 Å². The van der Waals surface area contributed by atoms with Gasteiger partial charge in [0.25, 0.3) is 0 Å². The smallest absolute Gasteiger partial charge is 0.175 e. The number of halogens is 3. The summed E-state index contributed by atoms with van der Waals surface area (Å²) in [5.74, 6) is 1.38. The standard InChI is InChI=1S/C20H25BrClNO2.ClH/c1-5-20(2,3)23-12-14-10-16(21)19(18(11-14)24-4)25-13-15-8-6-7-9-17(15)22;/h6-11,23H,5,12-13H2,1-4H3;1H. The first kappa shape index (κ1) is 23.1. The Morgan fingerprint density at radius 2 is 1.88 bits per heavy atom. The first-order chi connectivity index (χ1) is 11.9. The van der Waals surface area contributed by atoms with Gasteiger partial charge in [-0.05, 0) is 60.0 Å². The monoisotopic (exact) mass is 461 g/mol. The van der Waals surface area contributed by atoms with Crippen LogP contribution < -0.4 is 14.8 Å². The van der Waals surface area contributed by atoms with E-state index in [1.165, 1.54) is 0 Å².